The molecule has 40 heavy (non-hydrogen) atoms. The zero-order valence-electron chi connectivity index (χ0n) is 21.5. The van der Waals surface area contributed by atoms with E-state index in [2.05, 4.69) is 4.40 Å². The van der Waals surface area contributed by atoms with Crippen LogP contribution in [-0.4, -0.2) is 50.3 Å². The monoisotopic (exact) mass is 609 g/mol. The van der Waals surface area contributed by atoms with Gasteiger partial charge in [0, 0.05) is 37.0 Å². The third-order valence-corrected chi connectivity index (χ3v) is 8.85. The van der Waals surface area contributed by atoms with Gasteiger partial charge in [-0.05, 0) is 60.4 Å². The molecule has 1 unspecified atom stereocenters. The molecule has 1 aliphatic heterocycles. The molecule has 0 N–H and O–H groups in total. The summed E-state index contributed by atoms with van der Waals surface area (Å²) in [5.41, 5.74) is 1.69. The van der Waals surface area contributed by atoms with Crippen LogP contribution in [0.5, 0.6) is 0 Å². The number of rotatable bonds is 8. The van der Waals surface area contributed by atoms with Gasteiger partial charge >= 0.3 is 6.18 Å². The van der Waals surface area contributed by atoms with Gasteiger partial charge in [-0.15, -0.1) is 4.40 Å². The van der Waals surface area contributed by atoms with Crippen LogP contribution in [-0.2, 0) is 20.9 Å². The zero-order chi connectivity index (χ0) is 28.8. The molecule has 1 atom stereocenters. The molecule has 0 bridgehead atoms. The van der Waals surface area contributed by atoms with Crippen molar-refractivity contribution in [2.24, 2.45) is 9.50 Å². The highest BCUT2D eigenvalue weighted by atomic mass is 35.5. The molecule has 1 aliphatic rings. The fraction of sp³-hybridized carbons (Fsp3) is 0.286. The van der Waals surface area contributed by atoms with E-state index < -0.39 is 21.8 Å². The molecule has 1 heterocycles. The maximum atomic E-state index is 13.2. The molecule has 0 aliphatic carbocycles. The Kier molecular flexibility index (Phi) is 9.94. The summed E-state index contributed by atoms with van der Waals surface area (Å²) in [7, 11) is -2.75. The van der Waals surface area contributed by atoms with Crippen molar-refractivity contribution in [3.8, 4) is 0 Å². The molecule has 4 rings (SSSR count). The smallest absolute Gasteiger partial charge is 0.385 e. The highest BCUT2D eigenvalue weighted by molar-refractivity contribution is 8.14. The van der Waals surface area contributed by atoms with Crippen molar-refractivity contribution >= 4 is 44.3 Å². The van der Waals surface area contributed by atoms with Crippen molar-refractivity contribution in [1.82, 2.24) is 5.01 Å². The van der Waals surface area contributed by atoms with Gasteiger partial charge in [0.25, 0.3) is 10.0 Å². The molecule has 0 saturated heterocycles. The minimum Gasteiger partial charge on any atom is -0.385 e. The van der Waals surface area contributed by atoms with Crippen LogP contribution >= 0.6 is 23.4 Å². The normalized spacial score (nSPS) is 16.6. The summed E-state index contributed by atoms with van der Waals surface area (Å²) in [6, 6.07) is 20.4. The Morgan fingerprint density at radius 2 is 1.75 bits per heavy atom. The summed E-state index contributed by atoms with van der Waals surface area (Å²) in [6.07, 6.45) is -3.32. The van der Waals surface area contributed by atoms with E-state index >= 15 is 0 Å². The lowest BCUT2D eigenvalue weighted by Gasteiger charge is -2.31. The number of alkyl halides is 3. The summed E-state index contributed by atoms with van der Waals surface area (Å²) in [5, 5.41) is 7.14. The molecule has 0 radical (unpaired) electrons. The number of halogens is 4. The van der Waals surface area contributed by atoms with Gasteiger partial charge in [0.2, 0.25) is 0 Å². The molecular formula is C28H27ClF3N3O3S2. The van der Waals surface area contributed by atoms with E-state index in [1.165, 1.54) is 11.8 Å². The van der Waals surface area contributed by atoms with Gasteiger partial charge in [-0.2, -0.15) is 26.7 Å². The molecule has 0 spiro atoms. The van der Waals surface area contributed by atoms with Crippen LogP contribution in [0.1, 0.15) is 35.4 Å². The number of hydrogen-bond acceptors (Lipinski definition) is 5. The summed E-state index contributed by atoms with van der Waals surface area (Å²) in [5.74, 6) is 0.449. The highest BCUT2D eigenvalue weighted by Crippen LogP contribution is 2.33. The number of hydrogen-bond donors (Lipinski definition) is 0. The van der Waals surface area contributed by atoms with Crippen LogP contribution in [0.4, 0.5) is 13.2 Å². The predicted octanol–water partition coefficient (Wildman–Crippen LogP) is 7.07. The third kappa shape index (κ3) is 7.66. The van der Waals surface area contributed by atoms with Crippen LogP contribution in [0.15, 0.2) is 93.3 Å². The van der Waals surface area contributed by atoms with Gasteiger partial charge in [-0.1, -0.05) is 65.8 Å². The second kappa shape index (κ2) is 13.2. The number of sulfonamides is 1. The first-order chi connectivity index (χ1) is 19.1. The van der Waals surface area contributed by atoms with E-state index in [4.69, 9.17) is 21.4 Å². The minimum absolute atomic E-state index is 0.0510. The lowest BCUT2D eigenvalue weighted by atomic mass is 9.86. The summed E-state index contributed by atoms with van der Waals surface area (Å²) < 4.78 is 74.6. The average Bonchev–Trinajstić information content (AvgIpc) is 2.95. The van der Waals surface area contributed by atoms with Crippen molar-refractivity contribution in [1.29, 1.82) is 0 Å². The SMILES string of the molecule is COCCCS/C(=N\S(=O)(=O)c1ccc(C(F)(F)F)cc1)N1CCC(c2ccccc2)C(c2ccc(Cl)cc2)=N1. The maximum absolute atomic E-state index is 13.2. The molecular weight excluding hydrogens is 583 g/mol. The van der Waals surface area contributed by atoms with Gasteiger partial charge in [-0.3, -0.25) is 0 Å². The highest BCUT2D eigenvalue weighted by Gasteiger charge is 2.32. The largest absolute Gasteiger partial charge is 0.416 e. The summed E-state index contributed by atoms with van der Waals surface area (Å²) >= 11 is 7.32. The Labute approximate surface area is 241 Å². The van der Waals surface area contributed by atoms with Crippen LogP contribution in [0.2, 0.25) is 5.02 Å². The number of benzene rings is 3. The van der Waals surface area contributed by atoms with Crippen LogP contribution < -0.4 is 0 Å². The standard InChI is InChI=1S/C28H27ClF3N3O3S2/c1-38-18-5-19-39-27(34-40(36,37)24-14-10-22(11-15-24)28(30,31)32)35-17-16-25(20-6-3-2-4-7-20)26(33-35)21-8-12-23(29)13-9-21/h2-4,6-15,25H,5,16-19H2,1H3/b34-27-. The number of methoxy groups -OCH3 is 1. The first-order valence-corrected chi connectivity index (χ1v) is 15.2. The Hall–Kier alpha value is -2.86. The van der Waals surface area contributed by atoms with Crippen LogP contribution in [0.3, 0.4) is 0 Å². The summed E-state index contributed by atoms with van der Waals surface area (Å²) in [6.45, 7) is 0.858. The van der Waals surface area contributed by atoms with Gasteiger partial charge in [0.1, 0.15) is 0 Å². The number of hydrazone groups is 1. The molecule has 3 aromatic carbocycles. The van der Waals surface area contributed by atoms with E-state index in [9.17, 15) is 21.6 Å². The van der Waals surface area contributed by atoms with Crippen molar-refractivity contribution in [2.75, 3.05) is 26.0 Å². The Bertz CT molecular complexity index is 1450. The van der Waals surface area contributed by atoms with E-state index in [0.717, 1.165) is 41.1 Å². The Balaban J connectivity index is 1.74. The third-order valence-electron chi connectivity index (χ3n) is 6.15. The minimum atomic E-state index is -4.58. The summed E-state index contributed by atoms with van der Waals surface area (Å²) in [4.78, 5) is -0.337. The van der Waals surface area contributed by atoms with E-state index in [-0.39, 0.29) is 16.0 Å². The van der Waals surface area contributed by atoms with Crippen LogP contribution in [0, 0.1) is 0 Å². The van der Waals surface area contributed by atoms with Gasteiger partial charge in [0.15, 0.2) is 5.17 Å². The van der Waals surface area contributed by atoms with Crippen molar-refractivity contribution in [3.05, 3.63) is 101 Å². The zero-order valence-corrected chi connectivity index (χ0v) is 23.9. The number of ether oxygens (including phenoxy) is 1. The maximum Gasteiger partial charge on any atom is 0.416 e. The predicted molar refractivity (Wildman–Crippen MR) is 154 cm³/mol. The van der Waals surface area contributed by atoms with Gasteiger partial charge in [-0.25, -0.2) is 5.01 Å². The van der Waals surface area contributed by atoms with Crippen molar-refractivity contribution in [3.63, 3.8) is 0 Å². The van der Waals surface area contributed by atoms with Crippen molar-refractivity contribution < 1.29 is 26.3 Å². The average molecular weight is 610 g/mol. The van der Waals surface area contributed by atoms with Gasteiger partial charge < -0.3 is 4.74 Å². The first kappa shape index (κ1) is 30.1. The fourth-order valence-corrected chi connectivity index (χ4v) is 6.39. The van der Waals surface area contributed by atoms with E-state index in [1.807, 2.05) is 42.5 Å². The fourth-order valence-electron chi connectivity index (χ4n) is 4.15. The molecule has 6 nitrogen and oxygen atoms in total. The van der Waals surface area contributed by atoms with Crippen LogP contribution in [0.25, 0.3) is 0 Å². The molecule has 0 amide bonds. The first-order valence-electron chi connectivity index (χ1n) is 12.4. The second-order valence-corrected chi connectivity index (χ2v) is 12.0. The Morgan fingerprint density at radius 1 is 1.07 bits per heavy atom. The molecule has 0 aromatic heterocycles. The Morgan fingerprint density at radius 3 is 2.38 bits per heavy atom. The quantitative estimate of drug-likeness (QED) is 0.155. The molecule has 212 valence electrons. The lowest BCUT2D eigenvalue weighted by molar-refractivity contribution is -0.137. The molecule has 3 aromatic rings. The second-order valence-electron chi connectivity index (χ2n) is 8.93. The molecule has 0 saturated carbocycles. The topological polar surface area (TPSA) is 71.3 Å². The van der Waals surface area contributed by atoms with E-state index in [1.54, 1.807) is 24.3 Å². The van der Waals surface area contributed by atoms with E-state index in [0.29, 0.717) is 36.8 Å². The lowest BCUT2D eigenvalue weighted by Crippen LogP contribution is -2.35. The molecule has 0 fully saturated rings. The van der Waals surface area contributed by atoms with Gasteiger partial charge in [0.05, 0.1) is 16.2 Å². The number of nitrogens with zero attached hydrogens (tertiary/aromatic N) is 3. The van der Waals surface area contributed by atoms with Crippen molar-refractivity contribution in [2.45, 2.75) is 29.8 Å². The number of amidine groups is 1. The number of thioether (sulfide) groups is 1. The molecule has 12 heteroatoms.